The molecule has 0 fully saturated rings. The summed E-state index contributed by atoms with van der Waals surface area (Å²) < 4.78 is 0. The smallest absolute Gasteiger partial charge is 0.0405 e. The SMILES string of the molecule is [C-]#Cc1ccccc1C#Cc1ccccc1C#Cc1ccccc1C#Cc1ccccc1C#Cc1ccccc1C#Cc1ccccc1C#[C-]. The summed E-state index contributed by atoms with van der Waals surface area (Å²) in [5, 5.41) is 0. The first-order valence-electron chi connectivity index (χ1n) is 15.7. The molecule has 0 aliphatic rings. The summed E-state index contributed by atoms with van der Waals surface area (Å²) in [6.45, 7) is 0. The van der Waals surface area contributed by atoms with Crippen molar-refractivity contribution in [1.29, 1.82) is 0 Å². The molecule has 0 N–H and O–H groups in total. The topological polar surface area (TPSA) is 0 Å². The molecule has 0 aliphatic heterocycles. The Hall–Kier alpha value is -7.76. The maximum absolute atomic E-state index is 7.54. The molecule has 6 aromatic carbocycles. The van der Waals surface area contributed by atoms with Crippen LogP contribution in [0.25, 0.3) is 0 Å². The predicted octanol–water partition coefficient (Wildman–Crippen LogP) is 8.56. The Morgan fingerprint density at radius 2 is 0.320 bits per heavy atom. The highest BCUT2D eigenvalue weighted by molar-refractivity contribution is 5.61. The van der Waals surface area contributed by atoms with Crippen LogP contribution in [0.1, 0.15) is 66.8 Å². The van der Waals surface area contributed by atoms with E-state index in [0.29, 0.717) is 11.1 Å². The second-order valence-corrected chi connectivity index (χ2v) is 10.8. The Bertz CT molecular complexity index is 2460. The molecule has 0 atom stereocenters. The first-order valence-corrected chi connectivity index (χ1v) is 15.7. The molecular formula is C50H24-2. The molecule has 6 aromatic rings. The maximum Gasteiger partial charge on any atom is 0.0405 e. The van der Waals surface area contributed by atoms with E-state index in [0.717, 1.165) is 55.6 Å². The molecular weight excluding hydrogens is 601 g/mol. The summed E-state index contributed by atoms with van der Waals surface area (Å²) in [6, 6.07) is 46.2. The highest BCUT2D eigenvalue weighted by Crippen LogP contribution is 2.13. The van der Waals surface area contributed by atoms with Gasteiger partial charge in [0.1, 0.15) is 0 Å². The number of hydrogen-bond donors (Lipinski definition) is 0. The van der Waals surface area contributed by atoms with Crippen molar-refractivity contribution in [3.8, 4) is 71.0 Å². The average Bonchev–Trinajstić information content (AvgIpc) is 3.18. The van der Waals surface area contributed by atoms with Crippen molar-refractivity contribution in [3.05, 3.63) is 225 Å². The molecule has 0 aromatic heterocycles. The fourth-order valence-electron chi connectivity index (χ4n) is 4.88. The van der Waals surface area contributed by atoms with E-state index in [2.05, 4.69) is 71.0 Å². The first kappa shape index (κ1) is 32.2. The molecule has 0 heteroatoms. The normalized spacial score (nSPS) is 9.16. The van der Waals surface area contributed by atoms with E-state index in [9.17, 15) is 0 Å². The average molecular weight is 625 g/mol. The predicted molar refractivity (Wildman–Crippen MR) is 201 cm³/mol. The Kier molecular flexibility index (Phi) is 10.4. The van der Waals surface area contributed by atoms with Gasteiger partial charge in [-0.15, -0.1) is 23.3 Å². The summed E-state index contributed by atoms with van der Waals surface area (Å²) >= 11 is 0. The molecule has 0 aliphatic carbocycles. The minimum Gasteiger partial charge on any atom is -0.366 e. The Balaban J connectivity index is 1.28. The number of hydrogen-bond acceptors (Lipinski definition) is 0. The Morgan fingerprint density at radius 1 is 0.200 bits per heavy atom. The molecule has 0 saturated carbocycles. The van der Waals surface area contributed by atoms with Gasteiger partial charge in [0.15, 0.2) is 0 Å². The van der Waals surface area contributed by atoms with Gasteiger partial charge < -0.3 is 12.8 Å². The van der Waals surface area contributed by atoms with Gasteiger partial charge in [0.25, 0.3) is 0 Å². The molecule has 0 saturated heterocycles. The monoisotopic (exact) mass is 624 g/mol. The summed E-state index contributed by atoms with van der Waals surface area (Å²) in [7, 11) is 0. The lowest BCUT2D eigenvalue weighted by atomic mass is 10.0. The van der Waals surface area contributed by atoms with E-state index in [1.54, 1.807) is 0 Å². The molecule has 0 nitrogen and oxygen atoms in total. The molecule has 0 unspecified atom stereocenters. The van der Waals surface area contributed by atoms with Crippen molar-refractivity contribution < 1.29 is 0 Å². The maximum atomic E-state index is 7.54. The van der Waals surface area contributed by atoms with Crippen molar-refractivity contribution in [3.63, 3.8) is 0 Å². The highest BCUT2D eigenvalue weighted by Gasteiger charge is 2.01. The van der Waals surface area contributed by atoms with Crippen LogP contribution in [0, 0.1) is 83.9 Å². The second kappa shape index (κ2) is 16.2. The third kappa shape index (κ3) is 8.14. The van der Waals surface area contributed by atoms with E-state index in [4.69, 9.17) is 12.8 Å². The van der Waals surface area contributed by atoms with Crippen LogP contribution in [-0.2, 0) is 0 Å². The Labute approximate surface area is 295 Å². The van der Waals surface area contributed by atoms with E-state index < -0.39 is 0 Å². The summed E-state index contributed by atoms with van der Waals surface area (Å²) in [4.78, 5) is 0. The molecule has 0 radical (unpaired) electrons. The third-order valence-corrected chi connectivity index (χ3v) is 7.49. The van der Waals surface area contributed by atoms with Gasteiger partial charge >= 0.3 is 0 Å². The summed E-state index contributed by atoms with van der Waals surface area (Å²) in [5.74, 6) is 37.5. The van der Waals surface area contributed by atoms with Crippen molar-refractivity contribution >= 4 is 0 Å². The zero-order valence-electron chi connectivity index (χ0n) is 26.9. The molecule has 0 spiro atoms. The van der Waals surface area contributed by atoms with Crippen LogP contribution in [0.3, 0.4) is 0 Å². The van der Waals surface area contributed by atoms with Gasteiger partial charge in [0.2, 0.25) is 0 Å². The van der Waals surface area contributed by atoms with Crippen LogP contribution in [-0.4, -0.2) is 0 Å². The van der Waals surface area contributed by atoms with Crippen LogP contribution >= 0.6 is 0 Å². The van der Waals surface area contributed by atoms with Crippen molar-refractivity contribution in [2.75, 3.05) is 0 Å². The van der Waals surface area contributed by atoms with Gasteiger partial charge in [0.05, 0.1) is 0 Å². The van der Waals surface area contributed by atoms with E-state index in [-0.39, 0.29) is 0 Å². The van der Waals surface area contributed by atoms with Crippen molar-refractivity contribution in [1.82, 2.24) is 0 Å². The quantitative estimate of drug-likeness (QED) is 0.117. The molecule has 50 heavy (non-hydrogen) atoms. The second-order valence-electron chi connectivity index (χ2n) is 10.8. The molecule has 0 bridgehead atoms. The number of benzene rings is 6. The van der Waals surface area contributed by atoms with Gasteiger partial charge in [0, 0.05) is 44.5 Å². The Morgan fingerprint density at radius 3 is 0.460 bits per heavy atom. The standard InChI is InChI=1S/C50H24/c1-3-39-17-5-7-19-41(39)29-31-43-21-9-11-23-45(43)33-35-47-25-13-15-27-49(47)37-38-50-28-16-14-26-48(50)36-34-46-24-12-10-22-44(46)32-30-42-20-8-6-18-40(42)4-2/h5-28H/q-2. The third-order valence-electron chi connectivity index (χ3n) is 7.49. The zero-order valence-corrected chi connectivity index (χ0v) is 26.9. The van der Waals surface area contributed by atoms with Gasteiger partial charge in [-0.3, -0.25) is 11.8 Å². The molecule has 0 heterocycles. The van der Waals surface area contributed by atoms with E-state index >= 15 is 0 Å². The lowest BCUT2D eigenvalue weighted by Gasteiger charge is -2.03. The van der Waals surface area contributed by atoms with Crippen LogP contribution in [0.4, 0.5) is 0 Å². The van der Waals surface area contributed by atoms with Crippen LogP contribution < -0.4 is 0 Å². The lowest BCUT2D eigenvalue weighted by Crippen LogP contribution is -1.88. The van der Waals surface area contributed by atoms with Gasteiger partial charge in [-0.25, -0.2) is 0 Å². The van der Waals surface area contributed by atoms with Crippen LogP contribution in [0.15, 0.2) is 146 Å². The molecule has 226 valence electrons. The minimum atomic E-state index is 0.652. The van der Waals surface area contributed by atoms with Crippen LogP contribution in [0.2, 0.25) is 0 Å². The highest BCUT2D eigenvalue weighted by atomic mass is 14.0. The van der Waals surface area contributed by atoms with E-state index in [1.807, 2.05) is 146 Å². The fraction of sp³-hybridized carbons (Fsp3) is 0. The fourth-order valence-corrected chi connectivity index (χ4v) is 4.88. The first-order chi connectivity index (χ1) is 24.7. The largest absolute Gasteiger partial charge is 0.366 e. The minimum absolute atomic E-state index is 0.652. The van der Waals surface area contributed by atoms with Crippen molar-refractivity contribution in [2.45, 2.75) is 0 Å². The van der Waals surface area contributed by atoms with Gasteiger partial charge in [-0.2, -0.15) is 0 Å². The zero-order chi connectivity index (χ0) is 34.4. The van der Waals surface area contributed by atoms with E-state index in [1.165, 1.54) is 0 Å². The van der Waals surface area contributed by atoms with Crippen LogP contribution in [0.5, 0.6) is 0 Å². The van der Waals surface area contributed by atoms with Crippen molar-refractivity contribution in [2.24, 2.45) is 0 Å². The summed E-state index contributed by atoms with van der Waals surface area (Å²) in [6.07, 6.45) is 15.1. The molecule has 6 rings (SSSR count). The van der Waals surface area contributed by atoms with Gasteiger partial charge in [-0.05, 0) is 59.7 Å². The number of rotatable bonds is 0. The molecule has 0 amide bonds. The lowest BCUT2D eigenvalue weighted by molar-refractivity contribution is 1.55. The summed E-state index contributed by atoms with van der Waals surface area (Å²) in [5.41, 5.74) is 9.26. The van der Waals surface area contributed by atoms with Gasteiger partial charge in [-0.1, -0.05) is 144 Å².